The van der Waals surface area contributed by atoms with E-state index in [2.05, 4.69) is 10.0 Å². The number of benzene rings is 1. The van der Waals surface area contributed by atoms with Crippen LogP contribution in [-0.4, -0.2) is 39.7 Å². The Labute approximate surface area is 161 Å². The first kappa shape index (κ1) is 19.6. The van der Waals surface area contributed by atoms with E-state index in [1.165, 1.54) is 18.2 Å². The van der Waals surface area contributed by atoms with E-state index >= 15 is 0 Å². The van der Waals surface area contributed by atoms with Crippen molar-refractivity contribution in [3.05, 3.63) is 35.2 Å². The molecule has 8 nitrogen and oxygen atoms in total. The molecular weight excluding hydrogens is 412 g/mol. The molecule has 1 aromatic heterocycles. The smallest absolute Gasteiger partial charge is 0.326 e. The number of aliphatic carboxylic acids is 1. The van der Waals surface area contributed by atoms with Gasteiger partial charge in [-0.2, -0.15) is 0 Å². The predicted octanol–water partition coefficient (Wildman–Crippen LogP) is 2.15. The number of nitrogens with one attached hydrogen (secondary N) is 2. The van der Waals surface area contributed by atoms with Gasteiger partial charge in [0, 0.05) is 6.42 Å². The SMILES string of the molecule is CCCS(=O)(=O)c1ccc(NS(=O)(=O)c2cccs2)c2c1CC(C(=O)O)N2. The molecule has 0 radical (unpaired) electrons. The Bertz CT molecular complexity index is 1080. The summed E-state index contributed by atoms with van der Waals surface area (Å²) in [5, 5.41) is 13.7. The molecule has 1 aliphatic rings. The number of fused-ring (bicyclic) bond motifs is 1. The van der Waals surface area contributed by atoms with Crippen LogP contribution in [0.5, 0.6) is 0 Å². The molecule has 0 bridgehead atoms. The van der Waals surface area contributed by atoms with Crippen LogP contribution in [0.4, 0.5) is 11.4 Å². The van der Waals surface area contributed by atoms with E-state index < -0.39 is 31.9 Å². The highest BCUT2D eigenvalue weighted by Crippen LogP contribution is 2.39. The second-order valence-electron chi connectivity index (χ2n) is 6.06. The Kier molecular flexibility index (Phi) is 5.19. The lowest BCUT2D eigenvalue weighted by Gasteiger charge is -2.14. The van der Waals surface area contributed by atoms with Crippen molar-refractivity contribution in [3.8, 4) is 0 Å². The molecule has 0 spiro atoms. The molecule has 11 heteroatoms. The van der Waals surface area contributed by atoms with Crippen molar-refractivity contribution in [1.29, 1.82) is 0 Å². The summed E-state index contributed by atoms with van der Waals surface area (Å²) in [5.74, 6) is -1.21. The molecule has 3 N–H and O–H groups in total. The highest BCUT2D eigenvalue weighted by Gasteiger charge is 2.34. The van der Waals surface area contributed by atoms with Gasteiger partial charge in [0.2, 0.25) is 0 Å². The van der Waals surface area contributed by atoms with Crippen LogP contribution in [0.25, 0.3) is 0 Å². The minimum absolute atomic E-state index is 0.0367. The van der Waals surface area contributed by atoms with E-state index in [-0.39, 0.29) is 32.7 Å². The van der Waals surface area contributed by atoms with Crippen molar-refractivity contribution in [2.75, 3.05) is 15.8 Å². The van der Waals surface area contributed by atoms with Crippen molar-refractivity contribution in [2.24, 2.45) is 0 Å². The molecule has 1 aliphatic heterocycles. The Hall–Kier alpha value is -2.11. The average Bonchev–Trinajstić information content (AvgIpc) is 3.25. The standard InChI is InChI=1S/C16H18N2O6S3/c1-2-8-26(21,22)13-6-5-11(15-10(13)9-12(17-15)16(19)20)18-27(23,24)14-4-3-7-25-14/h3-7,12,17-18H,2,8-9H2,1H3,(H,19,20). The number of anilines is 2. The predicted molar refractivity (Wildman–Crippen MR) is 103 cm³/mol. The minimum Gasteiger partial charge on any atom is -0.480 e. The van der Waals surface area contributed by atoms with E-state index in [4.69, 9.17) is 0 Å². The van der Waals surface area contributed by atoms with Crippen LogP contribution in [0, 0.1) is 0 Å². The minimum atomic E-state index is -3.86. The van der Waals surface area contributed by atoms with Crippen LogP contribution in [0.3, 0.4) is 0 Å². The van der Waals surface area contributed by atoms with Crippen molar-refractivity contribution >= 4 is 48.5 Å². The summed E-state index contributed by atoms with van der Waals surface area (Å²) in [6.45, 7) is 1.74. The summed E-state index contributed by atoms with van der Waals surface area (Å²) in [6, 6.07) is 4.71. The molecule has 1 atom stereocenters. The number of hydrogen-bond acceptors (Lipinski definition) is 7. The van der Waals surface area contributed by atoms with E-state index in [0.717, 1.165) is 11.3 Å². The fraction of sp³-hybridized carbons (Fsp3) is 0.312. The van der Waals surface area contributed by atoms with Crippen LogP contribution >= 0.6 is 11.3 Å². The number of carboxylic acid groups (broad SMARTS) is 1. The van der Waals surface area contributed by atoms with Crippen molar-refractivity contribution in [2.45, 2.75) is 34.9 Å². The zero-order valence-corrected chi connectivity index (χ0v) is 16.7. The van der Waals surface area contributed by atoms with Crippen LogP contribution < -0.4 is 10.0 Å². The van der Waals surface area contributed by atoms with Gasteiger partial charge in [0.25, 0.3) is 10.0 Å². The quantitative estimate of drug-likeness (QED) is 0.614. The maximum absolute atomic E-state index is 12.5. The molecule has 0 saturated carbocycles. The van der Waals surface area contributed by atoms with Gasteiger partial charge >= 0.3 is 5.97 Å². The summed E-state index contributed by atoms with van der Waals surface area (Å²) in [7, 11) is -7.45. The molecule has 146 valence electrons. The van der Waals surface area contributed by atoms with Crippen LogP contribution in [-0.2, 0) is 31.1 Å². The summed E-state index contributed by atoms with van der Waals surface area (Å²) in [5.41, 5.74) is 0.611. The van der Waals surface area contributed by atoms with Gasteiger partial charge in [-0.15, -0.1) is 11.3 Å². The maximum Gasteiger partial charge on any atom is 0.326 e. The van der Waals surface area contributed by atoms with Gasteiger partial charge in [-0.25, -0.2) is 21.6 Å². The molecule has 27 heavy (non-hydrogen) atoms. The number of hydrogen-bond donors (Lipinski definition) is 3. The van der Waals surface area contributed by atoms with Gasteiger partial charge in [0.05, 0.1) is 22.0 Å². The molecule has 0 aliphatic carbocycles. The van der Waals surface area contributed by atoms with Crippen LogP contribution in [0.2, 0.25) is 0 Å². The Morgan fingerprint density at radius 2 is 2.04 bits per heavy atom. The topological polar surface area (TPSA) is 130 Å². The number of sulfonamides is 1. The van der Waals surface area contributed by atoms with E-state index in [9.17, 15) is 26.7 Å². The van der Waals surface area contributed by atoms with Crippen LogP contribution in [0.15, 0.2) is 38.8 Å². The van der Waals surface area contributed by atoms with Crippen LogP contribution in [0.1, 0.15) is 18.9 Å². The Morgan fingerprint density at radius 1 is 1.30 bits per heavy atom. The second-order valence-corrected chi connectivity index (χ2v) is 11.0. The first-order chi connectivity index (χ1) is 12.7. The first-order valence-electron chi connectivity index (χ1n) is 8.10. The zero-order valence-electron chi connectivity index (χ0n) is 14.3. The Morgan fingerprint density at radius 3 is 2.63 bits per heavy atom. The molecule has 0 fully saturated rings. The lowest BCUT2D eigenvalue weighted by molar-refractivity contribution is -0.137. The van der Waals surface area contributed by atoms with Gasteiger partial charge in [-0.1, -0.05) is 13.0 Å². The monoisotopic (exact) mass is 430 g/mol. The summed E-state index contributed by atoms with van der Waals surface area (Å²) in [6.07, 6.45) is 0.372. The molecular formula is C16H18N2O6S3. The summed E-state index contributed by atoms with van der Waals surface area (Å²) in [4.78, 5) is 11.4. The van der Waals surface area contributed by atoms with E-state index in [1.54, 1.807) is 18.4 Å². The molecule has 1 unspecified atom stereocenters. The highest BCUT2D eigenvalue weighted by atomic mass is 32.2. The van der Waals surface area contributed by atoms with Gasteiger partial charge < -0.3 is 10.4 Å². The van der Waals surface area contributed by atoms with Gasteiger partial charge in [0.1, 0.15) is 10.3 Å². The van der Waals surface area contributed by atoms with E-state index in [1.807, 2.05) is 0 Å². The third-order valence-corrected chi connectivity index (χ3v) is 8.87. The average molecular weight is 431 g/mol. The molecule has 1 aromatic carbocycles. The normalized spacial score (nSPS) is 16.6. The zero-order chi connectivity index (χ0) is 19.8. The molecule has 2 heterocycles. The summed E-state index contributed by atoms with van der Waals surface area (Å²) >= 11 is 1.04. The fourth-order valence-corrected chi connectivity index (χ4v) is 6.60. The number of sulfone groups is 1. The third kappa shape index (κ3) is 3.80. The van der Waals surface area contributed by atoms with E-state index in [0.29, 0.717) is 12.0 Å². The molecule has 0 amide bonds. The number of rotatable bonds is 7. The lowest BCUT2D eigenvalue weighted by Crippen LogP contribution is -2.26. The van der Waals surface area contributed by atoms with Crippen molar-refractivity contribution in [1.82, 2.24) is 0 Å². The molecule has 3 rings (SSSR count). The lowest BCUT2D eigenvalue weighted by atomic mass is 10.1. The highest BCUT2D eigenvalue weighted by molar-refractivity contribution is 7.94. The van der Waals surface area contributed by atoms with Gasteiger partial charge in [-0.05, 0) is 35.6 Å². The first-order valence-corrected chi connectivity index (χ1v) is 12.1. The molecule has 2 aromatic rings. The van der Waals surface area contributed by atoms with Crippen molar-refractivity contribution < 1.29 is 26.7 Å². The Balaban J connectivity index is 2.08. The number of thiophene rings is 1. The van der Waals surface area contributed by atoms with Gasteiger partial charge in [-0.3, -0.25) is 4.72 Å². The largest absolute Gasteiger partial charge is 0.480 e. The summed E-state index contributed by atoms with van der Waals surface area (Å²) < 4.78 is 52.6. The maximum atomic E-state index is 12.5. The number of carbonyl (C=O) groups is 1. The van der Waals surface area contributed by atoms with Crippen molar-refractivity contribution in [3.63, 3.8) is 0 Å². The number of carboxylic acids is 1. The fourth-order valence-electron chi connectivity index (χ4n) is 2.94. The second kappa shape index (κ2) is 7.13. The third-order valence-electron chi connectivity index (χ3n) is 4.11. The molecule has 0 saturated heterocycles. The van der Waals surface area contributed by atoms with Gasteiger partial charge in [0.15, 0.2) is 9.84 Å².